The topological polar surface area (TPSA) is 37.3 Å². The Balaban J connectivity index is 4.42. The van der Waals surface area contributed by atoms with Crippen LogP contribution in [0.2, 0.25) is 0 Å². The summed E-state index contributed by atoms with van der Waals surface area (Å²) in [6.45, 7) is 9.53. The number of carboxylic acids is 1. The second-order valence-electron chi connectivity index (χ2n) is 3.81. The molecule has 0 aliphatic rings. The molecule has 0 amide bonds. The normalized spacial score (nSPS) is 15.4. The highest BCUT2D eigenvalue weighted by Crippen LogP contribution is 2.30. The third kappa shape index (κ3) is 3.21. The van der Waals surface area contributed by atoms with Gasteiger partial charge in [-0.05, 0) is 19.3 Å². The second kappa shape index (κ2) is 5.05. The molecule has 0 aliphatic heterocycles. The minimum Gasteiger partial charge on any atom is -0.481 e. The fourth-order valence-corrected chi connectivity index (χ4v) is 1.43. The van der Waals surface area contributed by atoms with Crippen LogP contribution in [0, 0.1) is 11.3 Å². The van der Waals surface area contributed by atoms with Crippen molar-refractivity contribution in [2.24, 2.45) is 11.3 Å². The first-order valence-electron chi connectivity index (χ1n) is 4.87. The SMILES string of the molecule is C=CC(C)(CC(CC)CC)C(=O)O. The van der Waals surface area contributed by atoms with Gasteiger partial charge >= 0.3 is 5.97 Å². The molecule has 0 saturated carbocycles. The summed E-state index contributed by atoms with van der Waals surface area (Å²) in [6, 6.07) is 0. The maximum atomic E-state index is 10.9. The molecule has 0 heterocycles. The predicted molar refractivity (Wildman–Crippen MR) is 54.6 cm³/mol. The van der Waals surface area contributed by atoms with Crippen LogP contribution < -0.4 is 0 Å². The fourth-order valence-electron chi connectivity index (χ4n) is 1.43. The Bertz CT molecular complexity index is 183. The summed E-state index contributed by atoms with van der Waals surface area (Å²) in [5, 5.41) is 9.00. The molecule has 0 rings (SSSR count). The van der Waals surface area contributed by atoms with E-state index in [1.807, 2.05) is 0 Å². The van der Waals surface area contributed by atoms with E-state index in [0.29, 0.717) is 12.3 Å². The number of aliphatic carboxylic acids is 1. The van der Waals surface area contributed by atoms with Crippen LogP contribution in [0.25, 0.3) is 0 Å². The molecule has 0 radical (unpaired) electrons. The second-order valence-corrected chi connectivity index (χ2v) is 3.81. The number of hydrogen-bond donors (Lipinski definition) is 1. The largest absolute Gasteiger partial charge is 0.481 e. The van der Waals surface area contributed by atoms with E-state index < -0.39 is 11.4 Å². The smallest absolute Gasteiger partial charge is 0.313 e. The van der Waals surface area contributed by atoms with Gasteiger partial charge in [0, 0.05) is 0 Å². The maximum absolute atomic E-state index is 10.9. The highest BCUT2D eigenvalue weighted by Gasteiger charge is 2.31. The van der Waals surface area contributed by atoms with Crippen molar-refractivity contribution in [2.45, 2.75) is 40.0 Å². The van der Waals surface area contributed by atoms with Gasteiger partial charge in [0.2, 0.25) is 0 Å². The molecule has 1 N–H and O–H groups in total. The summed E-state index contributed by atoms with van der Waals surface area (Å²) in [5.74, 6) is -0.284. The van der Waals surface area contributed by atoms with Crippen molar-refractivity contribution >= 4 is 5.97 Å². The molecular weight excluding hydrogens is 164 g/mol. The van der Waals surface area contributed by atoms with Gasteiger partial charge in [0.25, 0.3) is 0 Å². The van der Waals surface area contributed by atoms with Gasteiger partial charge in [-0.3, -0.25) is 4.79 Å². The van der Waals surface area contributed by atoms with Crippen molar-refractivity contribution in [1.29, 1.82) is 0 Å². The molecule has 2 heteroatoms. The van der Waals surface area contributed by atoms with Gasteiger partial charge in [-0.25, -0.2) is 0 Å². The van der Waals surface area contributed by atoms with Gasteiger partial charge in [-0.1, -0.05) is 32.8 Å². The number of carbonyl (C=O) groups is 1. The molecule has 2 nitrogen and oxygen atoms in total. The third-order valence-corrected chi connectivity index (χ3v) is 2.81. The van der Waals surface area contributed by atoms with Crippen molar-refractivity contribution in [1.82, 2.24) is 0 Å². The van der Waals surface area contributed by atoms with Gasteiger partial charge in [0.1, 0.15) is 0 Å². The fraction of sp³-hybridized carbons (Fsp3) is 0.727. The highest BCUT2D eigenvalue weighted by molar-refractivity contribution is 5.76. The summed E-state index contributed by atoms with van der Waals surface area (Å²) in [7, 11) is 0. The molecule has 1 atom stereocenters. The number of hydrogen-bond acceptors (Lipinski definition) is 1. The van der Waals surface area contributed by atoms with E-state index in [1.54, 1.807) is 13.0 Å². The van der Waals surface area contributed by atoms with E-state index in [-0.39, 0.29) is 0 Å². The van der Waals surface area contributed by atoms with Crippen molar-refractivity contribution in [3.8, 4) is 0 Å². The van der Waals surface area contributed by atoms with E-state index >= 15 is 0 Å². The highest BCUT2D eigenvalue weighted by atomic mass is 16.4. The van der Waals surface area contributed by atoms with E-state index in [4.69, 9.17) is 5.11 Å². The zero-order valence-electron chi connectivity index (χ0n) is 8.84. The summed E-state index contributed by atoms with van der Waals surface area (Å²) in [6.07, 6.45) is 4.31. The first-order chi connectivity index (χ1) is 6.00. The third-order valence-electron chi connectivity index (χ3n) is 2.81. The molecule has 0 saturated heterocycles. The molecule has 0 spiro atoms. The van der Waals surface area contributed by atoms with Crippen LogP contribution in [-0.2, 0) is 4.79 Å². The Morgan fingerprint density at radius 2 is 2.00 bits per heavy atom. The average molecular weight is 184 g/mol. The van der Waals surface area contributed by atoms with Crippen LogP contribution in [0.4, 0.5) is 0 Å². The van der Waals surface area contributed by atoms with Crippen LogP contribution in [0.5, 0.6) is 0 Å². The lowest BCUT2D eigenvalue weighted by Crippen LogP contribution is -2.27. The molecule has 0 aromatic heterocycles. The van der Waals surface area contributed by atoms with Crippen LogP contribution in [0.1, 0.15) is 40.0 Å². The minimum atomic E-state index is -0.769. The Labute approximate surface area is 80.7 Å². The molecule has 0 bridgehead atoms. The Hall–Kier alpha value is -0.790. The van der Waals surface area contributed by atoms with E-state index in [0.717, 1.165) is 12.8 Å². The van der Waals surface area contributed by atoms with Crippen molar-refractivity contribution in [2.75, 3.05) is 0 Å². The molecule has 13 heavy (non-hydrogen) atoms. The van der Waals surface area contributed by atoms with Gasteiger partial charge < -0.3 is 5.11 Å². The minimum absolute atomic E-state index is 0.485. The molecule has 0 aromatic rings. The van der Waals surface area contributed by atoms with E-state index in [1.165, 1.54) is 0 Å². The lowest BCUT2D eigenvalue weighted by Gasteiger charge is -2.25. The van der Waals surface area contributed by atoms with Crippen molar-refractivity contribution in [3.63, 3.8) is 0 Å². The molecule has 0 aromatic carbocycles. The van der Waals surface area contributed by atoms with Gasteiger partial charge in [0.15, 0.2) is 0 Å². The Kier molecular flexibility index (Phi) is 4.74. The summed E-state index contributed by atoms with van der Waals surface area (Å²) in [5.41, 5.74) is -0.753. The van der Waals surface area contributed by atoms with Crippen LogP contribution >= 0.6 is 0 Å². The quantitative estimate of drug-likeness (QED) is 0.644. The predicted octanol–water partition coefficient (Wildman–Crippen LogP) is 3.09. The zero-order chi connectivity index (χ0) is 10.5. The van der Waals surface area contributed by atoms with Gasteiger partial charge in [-0.2, -0.15) is 0 Å². The molecule has 0 fully saturated rings. The molecule has 0 aliphatic carbocycles. The molecule has 1 unspecified atom stereocenters. The Morgan fingerprint density at radius 1 is 1.54 bits per heavy atom. The molecule has 76 valence electrons. The Morgan fingerprint density at radius 3 is 2.23 bits per heavy atom. The average Bonchev–Trinajstić information content (AvgIpc) is 2.13. The summed E-state index contributed by atoms with van der Waals surface area (Å²) >= 11 is 0. The lowest BCUT2D eigenvalue weighted by atomic mass is 9.79. The van der Waals surface area contributed by atoms with Crippen LogP contribution in [0.3, 0.4) is 0 Å². The van der Waals surface area contributed by atoms with Gasteiger partial charge in [-0.15, -0.1) is 6.58 Å². The number of rotatable bonds is 6. The summed E-state index contributed by atoms with van der Waals surface area (Å²) in [4.78, 5) is 10.9. The molecular formula is C11H20O2. The summed E-state index contributed by atoms with van der Waals surface area (Å²) < 4.78 is 0. The van der Waals surface area contributed by atoms with Crippen molar-refractivity contribution < 1.29 is 9.90 Å². The maximum Gasteiger partial charge on any atom is 0.313 e. The van der Waals surface area contributed by atoms with Crippen LogP contribution in [-0.4, -0.2) is 11.1 Å². The zero-order valence-corrected chi connectivity index (χ0v) is 8.84. The monoisotopic (exact) mass is 184 g/mol. The standard InChI is InChI=1S/C11H20O2/c1-5-9(6-2)8-11(4,7-3)10(12)13/h7,9H,3,5-6,8H2,1-2,4H3,(H,12,13). The first-order valence-corrected chi connectivity index (χ1v) is 4.87. The van der Waals surface area contributed by atoms with Crippen LogP contribution in [0.15, 0.2) is 12.7 Å². The van der Waals surface area contributed by atoms with E-state index in [2.05, 4.69) is 20.4 Å². The van der Waals surface area contributed by atoms with Gasteiger partial charge in [0.05, 0.1) is 5.41 Å². The van der Waals surface area contributed by atoms with Crippen molar-refractivity contribution in [3.05, 3.63) is 12.7 Å². The van der Waals surface area contributed by atoms with E-state index in [9.17, 15) is 4.79 Å². The first kappa shape index (κ1) is 12.2. The number of carboxylic acid groups (broad SMARTS) is 1. The lowest BCUT2D eigenvalue weighted by molar-refractivity contribution is -0.146.